The molecule has 76 heavy (non-hydrogen) atoms. The highest BCUT2D eigenvalue weighted by molar-refractivity contribution is 6.32. The molecular formula is C72H50N4. The van der Waals surface area contributed by atoms with Crippen molar-refractivity contribution in [2.45, 2.75) is 38.5 Å². The molecular weight excluding hydrogens is 921 g/mol. The zero-order chi connectivity index (χ0) is 51.5. The lowest BCUT2D eigenvalue weighted by Crippen LogP contribution is -2.15. The van der Waals surface area contributed by atoms with Crippen molar-refractivity contribution in [3.8, 4) is 56.6 Å². The Bertz CT molecular complexity index is 4120. The van der Waals surface area contributed by atoms with Crippen LogP contribution in [0, 0.1) is 22.7 Å². The Morgan fingerprint density at radius 3 is 1.04 bits per heavy atom. The Kier molecular flexibility index (Phi) is 9.99. The highest BCUT2D eigenvalue weighted by Crippen LogP contribution is 2.56. The molecule has 14 rings (SSSR count). The first-order chi connectivity index (χ1) is 37.1. The fourth-order valence-electron chi connectivity index (χ4n) is 12.9. The third-order valence-electron chi connectivity index (χ3n) is 16.7. The number of fused-ring (bicyclic) bond motifs is 6. The molecule has 0 heterocycles. The molecule has 0 bridgehead atoms. The third-order valence-corrected chi connectivity index (χ3v) is 16.7. The summed E-state index contributed by atoms with van der Waals surface area (Å²) < 4.78 is 0. The summed E-state index contributed by atoms with van der Waals surface area (Å²) in [6, 6.07) is 88.0. The average Bonchev–Trinajstić information content (AvgIpc) is 3.92. The van der Waals surface area contributed by atoms with Gasteiger partial charge in [-0.05, 0) is 175 Å². The van der Waals surface area contributed by atoms with E-state index in [0.717, 1.165) is 77.9 Å². The monoisotopic (exact) mass is 970 g/mol. The van der Waals surface area contributed by atoms with Gasteiger partial charge < -0.3 is 9.80 Å². The Hall–Kier alpha value is -9.74. The summed E-state index contributed by atoms with van der Waals surface area (Å²) in [6.07, 6.45) is 0. The second-order valence-electron chi connectivity index (χ2n) is 21.5. The summed E-state index contributed by atoms with van der Waals surface area (Å²) in [7, 11) is 0. The van der Waals surface area contributed by atoms with Gasteiger partial charge in [0, 0.05) is 55.1 Å². The molecule has 2 aliphatic carbocycles. The van der Waals surface area contributed by atoms with Crippen molar-refractivity contribution in [2.75, 3.05) is 9.80 Å². The van der Waals surface area contributed by atoms with E-state index in [0.29, 0.717) is 11.1 Å². The van der Waals surface area contributed by atoms with E-state index in [1.807, 2.05) is 24.3 Å². The predicted octanol–water partition coefficient (Wildman–Crippen LogP) is 19.2. The zero-order valence-electron chi connectivity index (χ0n) is 42.7. The smallest absolute Gasteiger partial charge is 0.0991 e. The zero-order valence-corrected chi connectivity index (χ0v) is 42.7. The van der Waals surface area contributed by atoms with Gasteiger partial charge >= 0.3 is 0 Å². The summed E-state index contributed by atoms with van der Waals surface area (Å²) in [5.41, 5.74) is 21.9. The minimum Gasteiger partial charge on any atom is -0.310 e. The fourth-order valence-corrected chi connectivity index (χ4v) is 12.9. The van der Waals surface area contributed by atoms with E-state index >= 15 is 0 Å². The van der Waals surface area contributed by atoms with Crippen LogP contribution in [0.1, 0.15) is 61.1 Å². The van der Waals surface area contributed by atoms with Crippen LogP contribution in [0.5, 0.6) is 0 Å². The minimum atomic E-state index is -0.199. The van der Waals surface area contributed by atoms with Crippen LogP contribution in [0.2, 0.25) is 0 Å². The van der Waals surface area contributed by atoms with Crippen LogP contribution in [0.25, 0.3) is 76.8 Å². The number of para-hydroxylation sites is 2. The molecule has 358 valence electrons. The molecule has 0 aromatic heterocycles. The molecule has 2 aliphatic rings. The number of hydrogen-bond donors (Lipinski definition) is 0. The lowest BCUT2D eigenvalue weighted by molar-refractivity contribution is 0.660. The summed E-state index contributed by atoms with van der Waals surface area (Å²) in [6.45, 7) is 9.42. The highest BCUT2D eigenvalue weighted by atomic mass is 15.1. The van der Waals surface area contributed by atoms with E-state index < -0.39 is 0 Å². The standard InChI is InChI=1S/C72H50N4/c1-71(2)63-21-13-11-19-53(63)55-33-27-47(39-65(55)71)61-41-67(75(49-15-7-5-8-16-49)51-29-23-45(43-73)24-30-51)59-38-36-58-62(48-28-34-56-54-20-12-14-22-64(54)72(3,4)66(56)40-48)42-68(60-37-35-57(61)69(59)70(58)60)76(50-17-9-6-10-18-50)52-31-25-46(44-74)26-32-52/h5-42H,1-4H3. The predicted molar refractivity (Wildman–Crippen MR) is 315 cm³/mol. The molecule has 0 aliphatic heterocycles. The van der Waals surface area contributed by atoms with Crippen LogP contribution < -0.4 is 9.80 Å². The van der Waals surface area contributed by atoms with Crippen LogP contribution in [0.15, 0.2) is 231 Å². The number of anilines is 6. The number of rotatable bonds is 8. The van der Waals surface area contributed by atoms with Crippen molar-refractivity contribution in [1.82, 2.24) is 0 Å². The second kappa shape index (κ2) is 16.9. The summed E-state index contributed by atoms with van der Waals surface area (Å²) in [5, 5.41) is 26.9. The molecule has 0 radical (unpaired) electrons. The van der Waals surface area contributed by atoms with Crippen molar-refractivity contribution in [3.05, 3.63) is 264 Å². The van der Waals surface area contributed by atoms with Crippen LogP contribution in [0.3, 0.4) is 0 Å². The van der Waals surface area contributed by atoms with E-state index in [4.69, 9.17) is 0 Å². The van der Waals surface area contributed by atoms with Crippen molar-refractivity contribution in [1.29, 1.82) is 10.5 Å². The van der Waals surface area contributed by atoms with Gasteiger partial charge in [0.2, 0.25) is 0 Å². The van der Waals surface area contributed by atoms with Crippen molar-refractivity contribution < 1.29 is 0 Å². The Morgan fingerprint density at radius 2 is 0.645 bits per heavy atom. The van der Waals surface area contributed by atoms with Gasteiger partial charge in [0.1, 0.15) is 0 Å². The van der Waals surface area contributed by atoms with E-state index in [9.17, 15) is 10.5 Å². The molecule has 0 saturated heterocycles. The maximum Gasteiger partial charge on any atom is 0.0991 e. The molecule has 0 fully saturated rings. The SMILES string of the molecule is CC1(C)c2ccccc2-c2ccc(-c3cc(N(c4ccccc4)c4ccc(C#N)cc4)c4ccc5c(-c6ccc7c(c6)C(C)(C)c6ccccc6-7)cc(N(c6ccccc6)c6ccc(C#N)cc6)c6ccc3c4c56)cc21. The quantitative estimate of drug-likeness (QED) is 0.142. The normalized spacial score (nSPS) is 13.4. The summed E-state index contributed by atoms with van der Waals surface area (Å²) >= 11 is 0. The van der Waals surface area contributed by atoms with Gasteiger partial charge in [0.15, 0.2) is 0 Å². The highest BCUT2D eigenvalue weighted by Gasteiger charge is 2.37. The first-order valence-corrected chi connectivity index (χ1v) is 26.1. The Labute approximate surface area is 443 Å². The summed E-state index contributed by atoms with van der Waals surface area (Å²) in [5.74, 6) is 0. The molecule has 12 aromatic rings. The molecule has 0 atom stereocenters. The van der Waals surface area contributed by atoms with E-state index in [-0.39, 0.29) is 10.8 Å². The molecule has 0 unspecified atom stereocenters. The van der Waals surface area contributed by atoms with Crippen LogP contribution in [-0.2, 0) is 10.8 Å². The third kappa shape index (κ3) is 6.68. The van der Waals surface area contributed by atoms with Gasteiger partial charge in [0.05, 0.1) is 34.6 Å². The Morgan fingerprint density at radius 1 is 0.303 bits per heavy atom. The topological polar surface area (TPSA) is 54.1 Å². The molecule has 12 aromatic carbocycles. The fraction of sp³-hybridized carbons (Fsp3) is 0.0833. The molecule has 4 heteroatoms. The van der Waals surface area contributed by atoms with Gasteiger partial charge in [-0.25, -0.2) is 0 Å². The van der Waals surface area contributed by atoms with E-state index in [1.165, 1.54) is 55.3 Å². The largest absolute Gasteiger partial charge is 0.310 e. The van der Waals surface area contributed by atoms with Crippen molar-refractivity contribution in [2.24, 2.45) is 0 Å². The first kappa shape index (κ1) is 44.9. The summed E-state index contributed by atoms with van der Waals surface area (Å²) in [4.78, 5) is 4.72. The van der Waals surface area contributed by atoms with Gasteiger partial charge in [-0.1, -0.05) is 161 Å². The van der Waals surface area contributed by atoms with E-state index in [2.05, 4.69) is 256 Å². The lowest BCUT2D eigenvalue weighted by Gasteiger charge is -2.31. The van der Waals surface area contributed by atoms with Gasteiger partial charge in [-0.3, -0.25) is 0 Å². The van der Waals surface area contributed by atoms with Crippen LogP contribution in [0.4, 0.5) is 34.1 Å². The lowest BCUT2D eigenvalue weighted by atomic mass is 9.80. The van der Waals surface area contributed by atoms with Crippen molar-refractivity contribution >= 4 is 66.4 Å². The average molecular weight is 971 g/mol. The number of hydrogen-bond acceptors (Lipinski definition) is 4. The van der Waals surface area contributed by atoms with Gasteiger partial charge in [-0.2, -0.15) is 10.5 Å². The number of nitriles is 2. The van der Waals surface area contributed by atoms with Crippen LogP contribution in [-0.4, -0.2) is 0 Å². The molecule has 0 N–H and O–H groups in total. The molecule has 0 amide bonds. The molecule has 0 saturated carbocycles. The Balaban J connectivity index is 1.13. The first-order valence-electron chi connectivity index (χ1n) is 26.1. The maximum atomic E-state index is 9.99. The van der Waals surface area contributed by atoms with Crippen molar-refractivity contribution in [3.63, 3.8) is 0 Å². The van der Waals surface area contributed by atoms with E-state index in [1.54, 1.807) is 0 Å². The minimum absolute atomic E-state index is 0.199. The van der Waals surface area contributed by atoms with Gasteiger partial charge in [-0.15, -0.1) is 0 Å². The van der Waals surface area contributed by atoms with Gasteiger partial charge in [0.25, 0.3) is 0 Å². The number of nitrogens with zero attached hydrogens (tertiary/aromatic N) is 4. The number of benzene rings is 12. The maximum absolute atomic E-state index is 9.99. The van der Waals surface area contributed by atoms with Crippen LogP contribution >= 0.6 is 0 Å². The molecule has 0 spiro atoms. The second-order valence-corrected chi connectivity index (χ2v) is 21.5. The molecule has 4 nitrogen and oxygen atoms in total.